The molecule has 2 aromatic rings. The summed E-state index contributed by atoms with van der Waals surface area (Å²) in [6.45, 7) is 11.9. The highest BCUT2D eigenvalue weighted by molar-refractivity contribution is 9.09. The molecule has 0 N–H and O–H groups in total. The first-order valence-corrected chi connectivity index (χ1v) is 18.4. The third-order valence-electron chi connectivity index (χ3n) is 6.86. The van der Waals surface area contributed by atoms with Crippen molar-refractivity contribution in [3.8, 4) is 0 Å². The van der Waals surface area contributed by atoms with E-state index < -0.39 is 18.2 Å². The molecule has 0 heterocycles. The van der Waals surface area contributed by atoms with Crippen LogP contribution in [0, 0.1) is 6.42 Å². The SMILES string of the molecule is CC(C)(C)[Si](C)(C)OC/C(=C(/[CH]CCCCCCBr)c1ccc(S(C)(=O)=O)cc1)c1ccccc1. The molecular formula is C29H42BrO3SSi. The summed E-state index contributed by atoms with van der Waals surface area (Å²) < 4.78 is 30.8. The fraction of sp³-hybridized carbons (Fsp3) is 0.483. The molecule has 0 aliphatic heterocycles. The maximum atomic E-state index is 12.0. The van der Waals surface area contributed by atoms with Crippen molar-refractivity contribution in [1.82, 2.24) is 0 Å². The Balaban J connectivity index is 2.50. The van der Waals surface area contributed by atoms with E-state index in [4.69, 9.17) is 4.43 Å². The maximum absolute atomic E-state index is 12.0. The van der Waals surface area contributed by atoms with Gasteiger partial charge in [-0.2, -0.15) is 0 Å². The molecule has 0 bridgehead atoms. The molecule has 0 aliphatic rings. The van der Waals surface area contributed by atoms with E-state index >= 15 is 0 Å². The molecule has 0 aliphatic carbocycles. The molecule has 193 valence electrons. The molecule has 0 fully saturated rings. The topological polar surface area (TPSA) is 43.4 Å². The van der Waals surface area contributed by atoms with Gasteiger partial charge in [0, 0.05) is 11.6 Å². The minimum absolute atomic E-state index is 0.116. The lowest BCUT2D eigenvalue weighted by Gasteiger charge is -2.36. The van der Waals surface area contributed by atoms with E-state index in [-0.39, 0.29) is 5.04 Å². The van der Waals surface area contributed by atoms with E-state index in [2.05, 4.69) is 80.5 Å². The van der Waals surface area contributed by atoms with Crippen LogP contribution >= 0.6 is 15.9 Å². The highest BCUT2D eigenvalue weighted by Gasteiger charge is 2.37. The molecular weight excluding hydrogens is 536 g/mol. The van der Waals surface area contributed by atoms with Gasteiger partial charge in [0.2, 0.25) is 0 Å². The first-order valence-electron chi connectivity index (χ1n) is 12.5. The van der Waals surface area contributed by atoms with Crippen molar-refractivity contribution < 1.29 is 12.8 Å². The smallest absolute Gasteiger partial charge is 0.192 e. The van der Waals surface area contributed by atoms with Crippen LogP contribution in [0.5, 0.6) is 0 Å². The Morgan fingerprint density at radius 2 is 1.51 bits per heavy atom. The first kappa shape index (κ1) is 30.0. The van der Waals surface area contributed by atoms with E-state index in [1.165, 1.54) is 25.5 Å². The van der Waals surface area contributed by atoms with Gasteiger partial charge in [0.1, 0.15) is 0 Å². The molecule has 6 heteroatoms. The zero-order valence-corrected chi connectivity index (χ0v) is 25.6. The van der Waals surface area contributed by atoms with E-state index in [0.29, 0.717) is 11.5 Å². The van der Waals surface area contributed by atoms with Gasteiger partial charge in [-0.05, 0) is 71.8 Å². The van der Waals surface area contributed by atoms with Crippen molar-refractivity contribution >= 4 is 45.2 Å². The number of halogens is 1. The molecule has 0 spiro atoms. The van der Waals surface area contributed by atoms with Gasteiger partial charge in [-0.15, -0.1) is 0 Å². The quantitative estimate of drug-likeness (QED) is 0.104. The van der Waals surface area contributed by atoms with Crippen LogP contribution in [-0.2, 0) is 14.3 Å². The summed E-state index contributed by atoms with van der Waals surface area (Å²) in [5.74, 6) is 0. The number of benzene rings is 2. The average molecular weight is 579 g/mol. The van der Waals surface area contributed by atoms with E-state index in [0.717, 1.165) is 40.4 Å². The fourth-order valence-corrected chi connectivity index (χ4v) is 5.53. The summed E-state index contributed by atoms with van der Waals surface area (Å²) >= 11 is 3.52. The minimum atomic E-state index is -3.24. The zero-order valence-electron chi connectivity index (χ0n) is 22.2. The summed E-state index contributed by atoms with van der Waals surface area (Å²) in [5.41, 5.74) is 4.46. The normalized spacial score (nSPS) is 13.6. The van der Waals surface area contributed by atoms with Crippen molar-refractivity contribution in [2.24, 2.45) is 0 Å². The minimum Gasteiger partial charge on any atom is -0.413 e. The number of rotatable bonds is 13. The van der Waals surface area contributed by atoms with Gasteiger partial charge >= 0.3 is 0 Å². The van der Waals surface area contributed by atoms with Crippen molar-refractivity contribution in [3.05, 3.63) is 72.1 Å². The van der Waals surface area contributed by atoms with Gasteiger partial charge in [0.15, 0.2) is 18.2 Å². The molecule has 2 aromatic carbocycles. The second kappa shape index (κ2) is 13.4. The second-order valence-corrected chi connectivity index (χ2v) is 18.3. The lowest BCUT2D eigenvalue weighted by molar-refractivity contribution is 0.334. The average Bonchev–Trinajstić information content (AvgIpc) is 2.79. The Morgan fingerprint density at radius 1 is 0.914 bits per heavy atom. The molecule has 0 amide bonds. The first-order chi connectivity index (χ1) is 16.4. The number of sulfone groups is 1. The Hall–Kier alpha value is -1.21. The van der Waals surface area contributed by atoms with Crippen LogP contribution in [0.25, 0.3) is 11.1 Å². The number of alkyl halides is 1. The molecule has 2 rings (SSSR count). The van der Waals surface area contributed by atoms with Gasteiger partial charge in [0.25, 0.3) is 0 Å². The van der Waals surface area contributed by atoms with Crippen LogP contribution in [0.15, 0.2) is 59.5 Å². The summed E-state index contributed by atoms with van der Waals surface area (Å²) in [7, 11) is -5.21. The molecule has 1 radical (unpaired) electrons. The van der Waals surface area contributed by atoms with Gasteiger partial charge in [0.05, 0.1) is 11.5 Å². The number of hydrogen-bond donors (Lipinski definition) is 0. The van der Waals surface area contributed by atoms with Crippen LogP contribution in [0.2, 0.25) is 18.1 Å². The molecule has 0 atom stereocenters. The fourth-order valence-electron chi connectivity index (χ4n) is 3.56. The predicted octanol–water partition coefficient (Wildman–Crippen LogP) is 8.57. The van der Waals surface area contributed by atoms with Crippen LogP contribution < -0.4 is 0 Å². The number of hydrogen-bond acceptors (Lipinski definition) is 3. The van der Waals surface area contributed by atoms with Crippen molar-refractivity contribution in [3.63, 3.8) is 0 Å². The monoisotopic (exact) mass is 577 g/mol. The largest absolute Gasteiger partial charge is 0.413 e. The highest BCUT2D eigenvalue weighted by Crippen LogP contribution is 2.38. The standard InChI is InChI=1S/C29H42BrO3SSi/c1-29(2,3)35(5,6)33-23-28(24-15-11-10-12-16-24)27(17-13-8-7-9-14-22-30)25-18-20-26(21-19-25)34(4,31)32/h10-12,15-21H,7-9,13-14,22-23H2,1-6H3/b28-27+. The number of unbranched alkanes of at least 4 members (excludes halogenated alkanes) is 4. The van der Waals surface area contributed by atoms with Crippen LogP contribution in [-0.4, -0.2) is 34.9 Å². The Bertz CT molecular complexity index is 1050. The van der Waals surface area contributed by atoms with Crippen LogP contribution in [0.3, 0.4) is 0 Å². The summed E-state index contributed by atoms with van der Waals surface area (Å²) in [6.07, 6.45) is 9.29. The lowest BCUT2D eigenvalue weighted by atomic mass is 9.91. The third-order valence-corrected chi connectivity index (χ3v) is 13.0. The second-order valence-electron chi connectivity index (χ2n) is 10.7. The Kier molecular flexibility index (Phi) is 11.5. The van der Waals surface area contributed by atoms with Gasteiger partial charge in [-0.3, -0.25) is 0 Å². The van der Waals surface area contributed by atoms with Crippen molar-refractivity contribution in [1.29, 1.82) is 0 Å². The van der Waals surface area contributed by atoms with Gasteiger partial charge in [-0.1, -0.05) is 98.4 Å². The van der Waals surface area contributed by atoms with E-state index in [1.807, 2.05) is 18.2 Å². The van der Waals surface area contributed by atoms with E-state index in [9.17, 15) is 8.42 Å². The summed E-state index contributed by atoms with van der Waals surface area (Å²) in [6, 6.07) is 17.7. The molecule has 35 heavy (non-hydrogen) atoms. The zero-order chi connectivity index (χ0) is 26.1. The number of allylic oxidation sites excluding steroid dienone is 1. The summed E-state index contributed by atoms with van der Waals surface area (Å²) in [4.78, 5) is 0.342. The van der Waals surface area contributed by atoms with Crippen LogP contribution in [0.1, 0.15) is 64.0 Å². The van der Waals surface area contributed by atoms with Gasteiger partial charge in [-0.25, -0.2) is 8.42 Å². The molecule has 0 unspecified atom stereocenters. The molecule has 0 saturated carbocycles. The van der Waals surface area contributed by atoms with Gasteiger partial charge < -0.3 is 4.43 Å². The molecule has 0 aromatic heterocycles. The Morgan fingerprint density at radius 3 is 2.06 bits per heavy atom. The molecule has 0 saturated heterocycles. The van der Waals surface area contributed by atoms with Crippen LogP contribution in [0.4, 0.5) is 0 Å². The third kappa shape index (κ3) is 9.31. The summed E-state index contributed by atoms with van der Waals surface area (Å²) in [5, 5.41) is 1.17. The van der Waals surface area contributed by atoms with Crippen molar-refractivity contribution in [2.45, 2.75) is 75.9 Å². The lowest BCUT2D eigenvalue weighted by Crippen LogP contribution is -2.41. The highest BCUT2D eigenvalue weighted by atomic mass is 79.9. The van der Waals surface area contributed by atoms with E-state index in [1.54, 1.807) is 12.1 Å². The van der Waals surface area contributed by atoms with Crippen molar-refractivity contribution in [2.75, 3.05) is 18.2 Å². The maximum Gasteiger partial charge on any atom is 0.192 e. The molecule has 3 nitrogen and oxygen atoms in total. The Labute approximate surface area is 223 Å². The predicted molar refractivity (Wildman–Crippen MR) is 157 cm³/mol.